The van der Waals surface area contributed by atoms with Crippen molar-refractivity contribution >= 4 is 0 Å². The van der Waals surface area contributed by atoms with E-state index in [1.807, 2.05) is 0 Å². The summed E-state index contributed by atoms with van der Waals surface area (Å²) in [7, 11) is 1.34. The standard InChI is InChI=1S/C13H17F2NO/c1-17-11-3-2-10(12(14)13(11)15)8-9-4-6-16-7-5-9/h2-3,9,16H,4-8H2,1H3. The molecule has 0 unspecified atom stereocenters. The molecule has 1 heterocycles. The predicted octanol–water partition coefficient (Wildman–Crippen LogP) is 2.52. The van der Waals surface area contributed by atoms with Crippen molar-refractivity contribution in [3.05, 3.63) is 29.3 Å². The maximum absolute atomic E-state index is 13.7. The molecule has 0 saturated carbocycles. The first-order valence-corrected chi connectivity index (χ1v) is 5.94. The van der Waals surface area contributed by atoms with Crippen molar-refractivity contribution in [2.75, 3.05) is 20.2 Å². The summed E-state index contributed by atoms with van der Waals surface area (Å²) < 4.78 is 32.0. The Balaban J connectivity index is 2.12. The SMILES string of the molecule is COc1ccc(CC2CCNCC2)c(F)c1F. The van der Waals surface area contributed by atoms with Crippen LogP contribution in [0.3, 0.4) is 0 Å². The van der Waals surface area contributed by atoms with Crippen LogP contribution < -0.4 is 10.1 Å². The van der Waals surface area contributed by atoms with Crippen molar-refractivity contribution in [3.8, 4) is 5.75 Å². The van der Waals surface area contributed by atoms with Crippen LogP contribution in [0.5, 0.6) is 5.75 Å². The van der Waals surface area contributed by atoms with Gasteiger partial charge in [-0.15, -0.1) is 0 Å². The minimum absolute atomic E-state index is 0.0310. The highest BCUT2D eigenvalue weighted by atomic mass is 19.2. The molecule has 0 amide bonds. The van der Waals surface area contributed by atoms with Gasteiger partial charge in [0.2, 0.25) is 5.82 Å². The monoisotopic (exact) mass is 241 g/mol. The number of methoxy groups -OCH3 is 1. The third kappa shape index (κ3) is 2.75. The number of benzene rings is 1. The molecule has 17 heavy (non-hydrogen) atoms. The molecular weight excluding hydrogens is 224 g/mol. The highest BCUT2D eigenvalue weighted by Gasteiger charge is 2.19. The molecule has 1 saturated heterocycles. The van der Waals surface area contributed by atoms with E-state index in [1.165, 1.54) is 13.2 Å². The van der Waals surface area contributed by atoms with Gasteiger partial charge in [0.25, 0.3) is 0 Å². The van der Waals surface area contributed by atoms with Crippen LogP contribution >= 0.6 is 0 Å². The highest BCUT2D eigenvalue weighted by Crippen LogP contribution is 2.26. The summed E-state index contributed by atoms with van der Waals surface area (Å²) in [4.78, 5) is 0. The lowest BCUT2D eigenvalue weighted by Gasteiger charge is -2.22. The minimum atomic E-state index is -0.876. The fraction of sp³-hybridized carbons (Fsp3) is 0.538. The van der Waals surface area contributed by atoms with Crippen molar-refractivity contribution < 1.29 is 13.5 Å². The summed E-state index contributed by atoms with van der Waals surface area (Å²) >= 11 is 0. The summed E-state index contributed by atoms with van der Waals surface area (Å²) in [5, 5.41) is 3.26. The van der Waals surface area contributed by atoms with Crippen molar-refractivity contribution in [2.45, 2.75) is 19.3 Å². The summed E-state index contributed by atoms with van der Waals surface area (Å²) in [5.41, 5.74) is 0.454. The number of hydrogen-bond donors (Lipinski definition) is 1. The Kier molecular flexibility index (Phi) is 3.94. The third-order valence-corrected chi connectivity index (χ3v) is 3.31. The Bertz CT molecular complexity index is 389. The number of nitrogens with one attached hydrogen (secondary N) is 1. The van der Waals surface area contributed by atoms with E-state index in [9.17, 15) is 8.78 Å². The van der Waals surface area contributed by atoms with Crippen LogP contribution in [0, 0.1) is 17.6 Å². The van der Waals surface area contributed by atoms with Crippen molar-refractivity contribution in [2.24, 2.45) is 5.92 Å². The molecule has 1 aliphatic rings. The van der Waals surface area contributed by atoms with Crippen molar-refractivity contribution in [1.29, 1.82) is 0 Å². The number of rotatable bonds is 3. The molecule has 0 aromatic heterocycles. The van der Waals surface area contributed by atoms with Gasteiger partial charge in [-0.3, -0.25) is 0 Å². The summed E-state index contributed by atoms with van der Waals surface area (Å²) in [6.45, 7) is 1.93. The molecule has 1 aromatic carbocycles. The summed E-state index contributed by atoms with van der Waals surface area (Å²) in [6, 6.07) is 3.12. The largest absolute Gasteiger partial charge is 0.494 e. The molecule has 0 aliphatic carbocycles. The Morgan fingerprint density at radius 3 is 2.59 bits per heavy atom. The van der Waals surface area contributed by atoms with Gasteiger partial charge in [0.05, 0.1) is 7.11 Å². The fourth-order valence-electron chi connectivity index (χ4n) is 2.28. The third-order valence-electron chi connectivity index (χ3n) is 3.31. The van der Waals surface area contributed by atoms with Crippen LogP contribution in [-0.2, 0) is 6.42 Å². The van der Waals surface area contributed by atoms with E-state index in [-0.39, 0.29) is 5.75 Å². The molecule has 0 radical (unpaired) electrons. The van der Waals surface area contributed by atoms with E-state index in [2.05, 4.69) is 5.32 Å². The lowest BCUT2D eigenvalue weighted by molar-refractivity contribution is 0.354. The molecule has 2 rings (SSSR count). The second-order valence-electron chi connectivity index (χ2n) is 4.45. The van der Waals surface area contributed by atoms with Gasteiger partial charge in [0, 0.05) is 0 Å². The van der Waals surface area contributed by atoms with E-state index in [4.69, 9.17) is 4.74 Å². The van der Waals surface area contributed by atoms with Crippen LogP contribution in [0.25, 0.3) is 0 Å². The molecule has 0 atom stereocenters. The zero-order chi connectivity index (χ0) is 12.3. The molecular formula is C13H17F2NO. The van der Waals surface area contributed by atoms with Crippen LogP contribution in [0.2, 0.25) is 0 Å². The summed E-state index contributed by atoms with van der Waals surface area (Å²) in [5.74, 6) is -1.23. The van der Waals surface area contributed by atoms with E-state index >= 15 is 0 Å². The van der Waals surface area contributed by atoms with Gasteiger partial charge in [0.15, 0.2) is 11.6 Å². The fourth-order valence-corrected chi connectivity index (χ4v) is 2.28. The van der Waals surface area contributed by atoms with E-state index < -0.39 is 11.6 Å². The molecule has 0 bridgehead atoms. The minimum Gasteiger partial charge on any atom is -0.494 e. The first kappa shape index (κ1) is 12.3. The second kappa shape index (κ2) is 5.45. The molecule has 1 aliphatic heterocycles. The highest BCUT2D eigenvalue weighted by molar-refractivity contribution is 5.31. The zero-order valence-corrected chi connectivity index (χ0v) is 9.93. The maximum Gasteiger partial charge on any atom is 0.200 e. The zero-order valence-electron chi connectivity index (χ0n) is 9.93. The number of hydrogen-bond acceptors (Lipinski definition) is 2. The second-order valence-corrected chi connectivity index (χ2v) is 4.45. The number of halogens is 2. The van der Waals surface area contributed by atoms with E-state index in [0.29, 0.717) is 17.9 Å². The smallest absolute Gasteiger partial charge is 0.200 e. The Morgan fingerprint density at radius 1 is 1.24 bits per heavy atom. The molecule has 94 valence electrons. The lowest BCUT2D eigenvalue weighted by Crippen LogP contribution is -2.28. The van der Waals surface area contributed by atoms with E-state index in [0.717, 1.165) is 25.9 Å². The molecule has 2 nitrogen and oxygen atoms in total. The van der Waals surface area contributed by atoms with Crippen LogP contribution in [0.15, 0.2) is 12.1 Å². The average Bonchev–Trinajstić information content (AvgIpc) is 2.37. The topological polar surface area (TPSA) is 21.3 Å². The molecule has 0 spiro atoms. The maximum atomic E-state index is 13.7. The van der Waals surface area contributed by atoms with Crippen molar-refractivity contribution in [3.63, 3.8) is 0 Å². The van der Waals surface area contributed by atoms with Crippen molar-refractivity contribution in [1.82, 2.24) is 5.32 Å². The lowest BCUT2D eigenvalue weighted by atomic mass is 9.91. The summed E-state index contributed by atoms with van der Waals surface area (Å²) in [6.07, 6.45) is 2.65. The number of ether oxygens (including phenoxy) is 1. The van der Waals surface area contributed by atoms with Crippen LogP contribution in [0.1, 0.15) is 18.4 Å². The van der Waals surface area contributed by atoms with E-state index in [1.54, 1.807) is 6.07 Å². The van der Waals surface area contributed by atoms with Gasteiger partial charge in [-0.25, -0.2) is 4.39 Å². The quantitative estimate of drug-likeness (QED) is 0.878. The van der Waals surface area contributed by atoms with Gasteiger partial charge in [-0.05, 0) is 49.9 Å². The molecule has 1 aromatic rings. The molecule has 1 fully saturated rings. The van der Waals surface area contributed by atoms with Gasteiger partial charge in [-0.2, -0.15) is 4.39 Å². The van der Waals surface area contributed by atoms with Gasteiger partial charge in [0.1, 0.15) is 0 Å². The molecule has 1 N–H and O–H groups in total. The van der Waals surface area contributed by atoms with Crippen LogP contribution in [-0.4, -0.2) is 20.2 Å². The normalized spacial score (nSPS) is 17.1. The Morgan fingerprint density at radius 2 is 1.94 bits per heavy atom. The van der Waals surface area contributed by atoms with Gasteiger partial charge >= 0.3 is 0 Å². The predicted molar refractivity (Wildman–Crippen MR) is 62.2 cm³/mol. The number of piperidine rings is 1. The van der Waals surface area contributed by atoms with Crippen LogP contribution in [0.4, 0.5) is 8.78 Å². The Hall–Kier alpha value is -1.16. The first-order valence-electron chi connectivity index (χ1n) is 5.94. The average molecular weight is 241 g/mol. The van der Waals surface area contributed by atoms with Gasteiger partial charge in [-0.1, -0.05) is 6.07 Å². The Labute approximate surface area is 100.0 Å². The molecule has 4 heteroatoms. The first-order chi connectivity index (χ1) is 8.22. The van der Waals surface area contributed by atoms with Gasteiger partial charge < -0.3 is 10.1 Å².